The Kier molecular flexibility index (Phi) is 7.84. The summed E-state index contributed by atoms with van der Waals surface area (Å²) < 4.78 is 1.09. The minimum atomic E-state index is 0.0978. The standard InChI is InChI=1S/C48H42BrN/c1-47(2,3)35-15-23-39(24-16-35)50(40-25-17-36(18-26-40)48(4,5)6)38-21-9-32(10-22-38)42-28-12-34-13-29-43-41(31-7-19-37(49)20-8-31)27-11-33-14-30-44(42)46(34)45(33)43/h7-30H,1-6H3. The highest BCUT2D eigenvalue weighted by molar-refractivity contribution is 9.10. The molecule has 0 aliphatic carbocycles. The molecule has 0 atom stereocenters. The van der Waals surface area contributed by atoms with E-state index in [1.165, 1.54) is 65.7 Å². The van der Waals surface area contributed by atoms with Crippen molar-refractivity contribution in [2.24, 2.45) is 0 Å². The van der Waals surface area contributed by atoms with Gasteiger partial charge in [0.15, 0.2) is 0 Å². The van der Waals surface area contributed by atoms with Crippen LogP contribution in [0.1, 0.15) is 52.7 Å². The molecule has 0 aromatic heterocycles. The minimum Gasteiger partial charge on any atom is -0.311 e. The topological polar surface area (TPSA) is 3.24 Å². The van der Waals surface area contributed by atoms with Crippen molar-refractivity contribution in [1.82, 2.24) is 0 Å². The fourth-order valence-electron chi connectivity index (χ4n) is 7.39. The largest absolute Gasteiger partial charge is 0.311 e. The average Bonchev–Trinajstić information content (AvgIpc) is 3.11. The maximum absolute atomic E-state index is 3.60. The van der Waals surface area contributed by atoms with Crippen molar-refractivity contribution in [2.75, 3.05) is 4.90 Å². The first-order valence-electron chi connectivity index (χ1n) is 17.5. The zero-order valence-corrected chi connectivity index (χ0v) is 31.3. The van der Waals surface area contributed by atoms with Gasteiger partial charge in [0, 0.05) is 21.5 Å². The van der Waals surface area contributed by atoms with Gasteiger partial charge in [0.2, 0.25) is 0 Å². The van der Waals surface area contributed by atoms with E-state index in [1.54, 1.807) is 0 Å². The molecular formula is C48H42BrN. The monoisotopic (exact) mass is 711 g/mol. The summed E-state index contributed by atoms with van der Waals surface area (Å²) in [5.74, 6) is 0. The van der Waals surface area contributed by atoms with Crippen LogP contribution in [0.3, 0.4) is 0 Å². The Morgan fingerprint density at radius 2 is 0.720 bits per heavy atom. The lowest BCUT2D eigenvalue weighted by molar-refractivity contribution is 0.590. The molecule has 0 aliphatic rings. The Hall–Kier alpha value is -4.92. The molecule has 246 valence electrons. The van der Waals surface area contributed by atoms with Crippen molar-refractivity contribution in [3.8, 4) is 22.3 Å². The molecule has 0 heterocycles. The quantitative estimate of drug-likeness (QED) is 0.161. The molecule has 2 heteroatoms. The molecule has 0 saturated heterocycles. The van der Waals surface area contributed by atoms with Gasteiger partial charge in [-0.3, -0.25) is 0 Å². The van der Waals surface area contributed by atoms with Crippen LogP contribution >= 0.6 is 15.9 Å². The normalized spacial score (nSPS) is 12.3. The molecular weight excluding hydrogens is 670 g/mol. The predicted octanol–water partition coefficient (Wildman–Crippen LogP) is 14.7. The molecule has 0 radical (unpaired) electrons. The molecule has 1 nitrogen and oxygen atoms in total. The Morgan fingerprint density at radius 1 is 0.380 bits per heavy atom. The fraction of sp³-hybridized carbons (Fsp3) is 0.167. The molecule has 0 N–H and O–H groups in total. The summed E-state index contributed by atoms with van der Waals surface area (Å²) in [4.78, 5) is 2.37. The second kappa shape index (κ2) is 12.1. The van der Waals surface area contributed by atoms with E-state index >= 15 is 0 Å². The van der Waals surface area contributed by atoms with Crippen LogP contribution in [0.2, 0.25) is 0 Å². The lowest BCUT2D eigenvalue weighted by Gasteiger charge is -2.28. The summed E-state index contributed by atoms with van der Waals surface area (Å²) in [6.07, 6.45) is 0. The van der Waals surface area contributed by atoms with Crippen LogP contribution in [-0.2, 0) is 10.8 Å². The maximum Gasteiger partial charge on any atom is 0.0462 e. The molecule has 50 heavy (non-hydrogen) atoms. The van der Waals surface area contributed by atoms with E-state index in [0.717, 1.165) is 21.5 Å². The van der Waals surface area contributed by atoms with E-state index in [0.29, 0.717) is 0 Å². The number of halogens is 1. The summed E-state index contributed by atoms with van der Waals surface area (Å²) in [7, 11) is 0. The van der Waals surface area contributed by atoms with Crippen LogP contribution in [0.5, 0.6) is 0 Å². The van der Waals surface area contributed by atoms with Crippen molar-refractivity contribution in [3.63, 3.8) is 0 Å². The van der Waals surface area contributed by atoms with E-state index in [-0.39, 0.29) is 10.8 Å². The first-order chi connectivity index (χ1) is 24.0. The highest BCUT2D eigenvalue weighted by Crippen LogP contribution is 2.43. The molecule has 0 aliphatic heterocycles. The molecule has 0 saturated carbocycles. The van der Waals surface area contributed by atoms with E-state index in [9.17, 15) is 0 Å². The van der Waals surface area contributed by atoms with Crippen molar-refractivity contribution in [1.29, 1.82) is 0 Å². The molecule has 8 aromatic rings. The number of nitrogens with zero attached hydrogens (tertiary/aromatic N) is 1. The van der Waals surface area contributed by atoms with E-state index < -0.39 is 0 Å². The van der Waals surface area contributed by atoms with Gasteiger partial charge >= 0.3 is 0 Å². The molecule has 0 amide bonds. The van der Waals surface area contributed by atoms with Crippen LogP contribution in [-0.4, -0.2) is 0 Å². The van der Waals surface area contributed by atoms with Gasteiger partial charge in [-0.25, -0.2) is 0 Å². The third kappa shape index (κ3) is 5.76. The smallest absolute Gasteiger partial charge is 0.0462 e. The van der Waals surface area contributed by atoms with Crippen molar-refractivity contribution in [2.45, 2.75) is 52.4 Å². The van der Waals surface area contributed by atoms with Crippen molar-refractivity contribution >= 4 is 65.3 Å². The zero-order valence-electron chi connectivity index (χ0n) is 29.7. The van der Waals surface area contributed by atoms with Crippen LogP contribution in [0.4, 0.5) is 17.1 Å². The van der Waals surface area contributed by atoms with Crippen molar-refractivity contribution < 1.29 is 0 Å². The van der Waals surface area contributed by atoms with Gasteiger partial charge in [0.1, 0.15) is 0 Å². The molecule has 0 spiro atoms. The summed E-state index contributed by atoms with van der Waals surface area (Å²) >= 11 is 3.60. The van der Waals surface area contributed by atoms with Crippen LogP contribution in [0, 0.1) is 0 Å². The second-order valence-electron chi connectivity index (χ2n) is 15.6. The van der Waals surface area contributed by atoms with E-state index in [4.69, 9.17) is 0 Å². The van der Waals surface area contributed by atoms with Crippen LogP contribution < -0.4 is 4.90 Å². The number of hydrogen-bond acceptors (Lipinski definition) is 1. The highest BCUT2D eigenvalue weighted by atomic mass is 79.9. The van der Waals surface area contributed by atoms with Gasteiger partial charge in [0.25, 0.3) is 0 Å². The van der Waals surface area contributed by atoms with E-state index in [1.807, 2.05) is 0 Å². The number of benzene rings is 8. The molecule has 8 aromatic carbocycles. The van der Waals surface area contributed by atoms with Gasteiger partial charge in [-0.15, -0.1) is 0 Å². The molecule has 0 fully saturated rings. The first-order valence-corrected chi connectivity index (χ1v) is 18.3. The number of hydrogen-bond donors (Lipinski definition) is 0. The van der Waals surface area contributed by atoms with Crippen LogP contribution in [0.15, 0.2) is 150 Å². The Bertz CT molecular complexity index is 2400. The summed E-state index contributed by atoms with van der Waals surface area (Å²) in [5, 5.41) is 7.80. The van der Waals surface area contributed by atoms with Gasteiger partial charge in [-0.05, 0) is 125 Å². The summed E-state index contributed by atoms with van der Waals surface area (Å²) in [6, 6.07) is 54.2. The van der Waals surface area contributed by atoms with E-state index in [2.05, 4.69) is 208 Å². The second-order valence-corrected chi connectivity index (χ2v) is 16.5. The van der Waals surface area contributed by atoms with Gasteiger partial charge in [-0.1, -0.05) is 155 Å². The van der Waals surface area contributed by atoms with Gasteiger partial charge < -0.3 is 4.90 Å². The summed E-state index contributed by atoms with van der Waals surface area (Å²) in [5.41, 5.74) is 11.3. The average molecular weight is 713 g/mol. The third-order valence-corrected chi connectivity index (χ3v) is 10.8. The predicted molar refractivity (Wildman–Crippen MR) is 221 cm³/mol. The Labute approximate surface area is 304 Å². The molecule has 0 unspecified atom stereocenters. The first kappa shape index (κ1) is 32.3. The van der Waals surface area contributed by atoms with Crippen molar-refractivity contribution in [3.05, 3.63) is 161 Å². The fourth-order valence-corrected chi connectivity index (χ4v) is 7.66. The minimum absolute atomic E-state index is 0.0978. The molecule has 8 rings (SSSR count). The van der Waals surface area contributed by atoms with Gasteiger partial charge in [0.05, 0.1) is 0 Å². The lowest BCUT2D eigenvalue weighted by Crippen LogP contribution is -2.14. The third-order valence-electron chi connectivity index (χ3n) is 10.2. The SMILES string of the molecule is CC(C)(C)c1ccc(N(c2ccc(-c3ccc4ccc5c(-c6ccc(Br)cc6)ccc6ccc3c4c65)cc2)c2ccc(C(C)(C)C)cc2)cc1. The zero-order chi connectivity index (χ0) is 34.8. The maximum atomic E-state index is 3.60. The number of anilines is 3. The lowest BCUT2D eigenvalue weighted by atomic mass is 9.86. The summed E-state index contributed by atoms with van der Waals surface area (Å²) in [6.45, 7) is 13.6. The Morgan fingerprint density at radius 3 is 1.10 bits per heavy atom. The molecule has 0 bridgehead atoms. The highest BCUT2D eigenvalue weighted by Gasteiger charge is 2.20. The van der Waals surface area contributed by atoms with Crippen LogP contribution in [0.25, 0.3) is 54.6 Å². The Balaban J connectivity index is 1.23. The van der Waals surface area contributed by atoms with Gasteiger partial charge in [-0.2, -0.15) is 0 Å². The number of rotatable bonds is 5.